The van der Waals surface area contributed by atoms with E-state index in [0.29, 0.717) is 6.04 Å². The van der Waals surface area contributed by atoms with E-state index in [1.165, 1.54) is 41.6 Å². The molecular formula is C21H28N2. The number of benzene rings is 2. The predicted molar refractivity (Wildman–Crippen MR) is 99.0 cm³/mol. The molecule has 2 aromatic carbocycles. The van der Waals surface area contributed by atoms with Crippen LogP contribution in [0.4, 0.5) is 5.69 Å². The van der Waals surface area contributed by atoms with Crippen LogP contribution in [0.5, 0.6) is 0 Å². The Bertz CT molecular complexity index is 621. The van der Waals surface area contributed by atoms with Gasteiger partial charge in [-0.1, -0.05) is 49.4 Å². The highest BCUT2D eigenvalue weighted by Crippen LogP contribution is 2.30. The standard InChI is InChI=1S/C21H28N2/c1-3-13-22-17(2)19-11-12-21-20(15-19)10-7-14-23(21)16-18-8-5-4-6-9-18/h4-6,8-9,11-12,15,17,22H,3,7,10,13-14,16H2,1-2H3. The quantitative estimate of drug-likeness (QED) is 0.832. The first-order valence-corrected chi connectivity index (χ1v) is 8.93. The molecule has 1 aliphatic heterocycles. The van der Waals surface area contributed by atoms with Gasteiger partial charge >= 0.3 is 0 Å². The molecule has 122 valence electrons. The normalized spacial score (nSPS) is 15.3. The fraction of sp³-hybridized carbons (Fsp3) is 0.429. The van der Waals surface area contributed by atoms with Crippen LogP contribution in [0.2, 0.25) is 0 Å². The second-order valence-electron chi connectivity index (χ2n) is 6.57. The van der Waals surface area contributed by atoms with E-state index >= 15 is 0 Å². The molecule has 0 spiro atoms. The fourth-order valence-corrected chi connectivity index (χ4v) is 3.41. The van der Waals surface area contributed by atoms with Crippen LogP contribution in [0.25, 0.3) is 0 Å². The Morgan fingerprint density at radius 2 is 1.96 bits per heavy atom. The zero-order chi connectivity index (χ0) is 16.1. The molecule has 0 aliphatic carbocycles. The first kappa shape index (κ1) is 16.1. The van der Waals surface area contributed by atoms with Gasteiger partial charge in [-0.05, 0) is 55.5 Å². The Labute approximate surface area is 140 Å². The Balaban J connectivity index is 1.77. The lowest BCUT2D eigenvalue weighted by atomic mass is 9.96. The van der Waals surface area contributed by atoms with Gasteiger partial charge < -0.3 is 10.2 Å². The van der Waals surface area contributed by atoms with Crippen molar-refractivity contribution in [2.45, 2.75) is 45.7 Å². The Morgan fingerprint density at radius 1 is 1.13 bits per heavy atom. The van der Waals surface area contributed by atoms with E-state index in [4.69, 9.17) is 0 Å². The lowest BCUT2D eigenvalue weighted by molar-refractivity contribution is 0.569. The van der Waals surface area contributed by atoms with Gasteiger partial charge in [0.15, 0.2) is 0 Å². The van der Waals surface area contributed by atoms with Crippen LogP contribution < -0.4 is 10.2 Å². The highest BCUT2D eigenvalue weighted by Gasteiger charge is 2.18. The van der Waals surface area contributed by atoms with E-state index < -0.39 is 0 Å². The van der Waals surface area contributed by atoms with E-state index in [0.717, 1.165) is 19.6 Å². The van der Waals surface area contributed by atoms with Crippen LogP contribution in [0.3, 0.4) is 0 Å². The van der Waals surface area contributed by atoms with Crippen molar-refractivity contribution in [3.05, 3.63) is 65.2 Å². The number of nitrogens with one attached hydrogen (secondary N) is 1. The number of nitrogens with zero attached hydrogens (tertiary/aromatic N) is 1. The van der Waals surface area contributed by atoms with Crippen molar-refractivity contribution in [3.63, 3.8) is 0 Å². The van der Waals surface area contributed by atoms with E-state index in [1.54, 1.807) is 0 Å². The SMILES string of the molecule is CCCNC(C)c1ccc2c(c1)CCCN2Cc1ccccc1. The maximum Gasteiger partial charge on any atom is 0.0429 e. The molecule has 0 saturated carbocycles. The molecule has 0 bridgehead atoms. The average Bonchev–Trinajstić information content (AvgIpc) is 2.60. The fourth-order valence-electron chi connectivity index (χ4n) is 3.41. The van der Waals surface area contributed by atoms with Crippen molar-refractivity contribution < 1.29 is 0 Å². The van der Waals surface area contributed by atoms with Crippen molar-refractivity contribution >= 4 is 5.69 Å². The van der Waals surface area contributed by atoms with Crippen LogP contribution in [-0.4, -0.2) is 13.1 Å². The minimum Gasteiger partial charge on any atom is -0.367 e. The summed E-state index contributed by atoms with van der Waals surface area (Å²) in [6.07, 6.45) is 3.63. The molecule has 23 heavy (non-hydrogen) atoms. The molecule has 2 aromatic rings. The topological polar surface area (TPSA) is 15.3 Å². The molecule has 2 nitrogen and oxygen atoms in total. The van der Waals surface area contributed by atoms with E-state index in [9.17, 15) is 0 Å². The lowest BCUT2D eigenvalue weighted by Crippen LogP contribution is -2.29. The number of rotatable bonds is 6. The maximum absolute atomic E-state index is 3.59. The summed E-state index contributed by atoms with van der Waals surface area (Å²) in [6, 6.07) is 18.3. The Kier molecular flexibility index (Phi) is 5.35. The number of anilines is 1. The van der Waals surface area contributed by atoms with Crippen molar-refractivity contribution in [3.8, 4) is 0 Å². The van der Waals surface area contributed by atoms with Crippen LogP contribution in [0.15, 0.2) is 48.5 Å². The smallest absolute Gasteiger partial charge is 0.0429 e. The molecular weight excluding hydrogens is 280 g/mol. The molecule has 0 saturated heterocycles. The summed E-state index contributed by atoms with van der Waals surface area (Å²) in [5, 5.41) is 3.59. The molecule has 1 atom stereocenters. The molecule has 1 heterocycles. The number of hydrogen-bond acceptors (Lipinski definition) is 2. The molecule has 0 fully saturated rings. The summed E-state index contributed by atoms with van der Waals surface area (Å²) >= 11 is 0. The minimum atomic E-state index is 0.435. The largest absolute Gasteiger partial charge is 0.367 e. The van der Waals surface area contributed by atoms with E-state index in [2.05, 4.69) is 72.6 Å². The maximum atomic E-state index is 3.59. The van der Waals surface area contributed by atoms with Crippen LogP contribution >= 0.6 is 0 Å². The zero-order valence-electron chi connectivity index (χ0n) is 14.4. The predicted octanol–water partition coefficient (Wildman–Crippen LogP) is 4.70. The van der Waals surface area contributed by atoms with Crippen LogP contribution in [0.1, 0.15) is 49.4 Å². The second-order valence-corrected chi connectivity index (χ2v) is 6.57. The van der Waals surface area contributed by atoms with Crippen molar-refractivity contribution in [2.24, 2.45) is 0 Å². The van der Waals surface area contributed by atoms with Crippen LogP contribution in [-0.2, 0) is 13.0 Å². The van der Waals surface area contributed by atoms with Gasteiger partial charge in [-0.15, -0.1) is 0 Å². The first-order valence-electron chi connectivity index (χ1n) is 8.93. The Morgan fingerprint density at radius 3 is 2.74 bits per heavy atom. The monoisotopic (exact) mass is 308 g/mol. The summed E-state index contributed by atoms with van der Waals surface area (Å²) in [4.78, 5) is 2.53. The van der Waals surface area contributed by atoms with Gasteiger partial charge in [-0.2, -0.15) is 0 Å². The third-order valence-electron chi connectivity index (χ3n) is 4.74. The zero-order valence-corrected chi connectivity index (χ0v) is 14.4. The van der Waals surface area contributed by atoms with Crippen molar-refractivity contribution in [1.82, 2.24) is 5.32 Å². The summed E-state index contributed by atoms with van der Waals surface area (Å²) in [6.45, 7) is 7.73. The summed E-state index contributed by atoms with van der Waals surface area (Å²) in [5.41, 5.74) is 5.74. The number of hydrogen-bond donors (Lipinski definition) is 1. The Hall–Kier alpha value is -1.80. The molecule has 0 radical (unpaired) electrons. The third-order valence-corrected chi connectivity index (χ3v) is 4.74. The minimum absolute atomic E-state index is 0.435. The highest BCUT2D eigenvalue weighted by molar-refractivity contribution is 5.57. The molecule has 3 rings (SSSR count). The molecule has 0 aromatic heterocycles. The van der Waals surface area contributed by atoms with Crippen molar-refractivity contribution in [1.29, 1.82) is 0 Å². The first-order chi connectivity index (χ1) is 11.3. The van der Waals surface area contributed by atoms with Gasteiger partial charge in [0.2, 0.25) is 0 Å². The van der Waals surface area contributed by atoms with Gasteiger partial charge in [0.05, 0.1) is 0 Å². The van der Waals surface area contributed by atoms with E-state index in [1.807, 2.05) is 0 Å². The van der Waals surface area contributed by atoms with Gasteiger partial charge in [0, 0.05) is 24.8 Å². The van der Waals surface area contributed by atoms with Gasteiger partial charge in [-0.3, -0.25) is 0 Å². The highest BCUT2D eigenvalue weighted by atomic mass is 15.1. The van der Waals surface area contributed by atoms with Gasteiger partial charge in [0.1, 0.15) is 0 Å². The van der Waals surface area contributed by atoms with Crippen LogP contribution in [0, 0.1) is 0 Å². The summed E-state index contributed by atoms with van der Waals surface area (Å²) < 4.78 is 0. The lowest BCUT2D eigenvalue weighted by Gasteiger charge is -2.32. The van der Waals surface area contributed by atoms with Crippen molar-refractivity contribution in [2.75, 3.05) is 18.0 Å². The average molecular weight is 308 g/mol. The number of fused-ring (bicyclic) bond motifs is 1. The molecule has 1 unspecified atom stereocenters. The molecule has 1 aliphatic rings. The summed E-state index contributed by atoms with van der Waals surface area (Å²) in [7, 11) is 0. The number of aryl methyl sites for hydroxylation is 1. The molecule has 0 amide bonds. The molecule has 2 heteroatoms. The second kappa shape index (κ2) is 7.65. The molecule has 1 N–H and O–H groups in total. The van der Waals surface area contributed by atoms with E-state index in [-0.39, 0.29) is 0 Å². The van der Waals surface area contributed by atoms with Gasteiger partial charge in [0.25, 0.3) is 0 Å². The third kappa shape index (κ3) is 3.94. The summed E-state index contributed by atoms with van der Waals surface area (Å²) in [5.74, 6) is 0. The van der Waals surface area contributed by atoms with Gasteiger partial charge in [-0.25, -0.2) is 0 Å².